The number of aromatic nitrogens is 2. The van der Waals surface area contributed by atoms with Gasteiger partial charge in [-0.15, -0.1) is 0 Å². The average Bonchev–Trinajstić information content (AvgIpc) is 2.69. The van der Waals surface area contributed by atoms with Crippen LogP contribution in [0.5, 0.6) is 0 Å². The maximum Gasteiger partial charge on any atom is 0.355 e. The maximum absolute atomic E-state index is 11.8. The molecule has 2 heterocycles. The van der Waals surface area contributed by atoms with Crippen molar-refractivity contribution < 1.29 is 9.53 Å². The second-order valence-electron chi connectivity index (χ2n) is 3.98. The quantitative estimate of drug-likeness (QED) is 0.632. The Kier molecular flexibility index (Phi) is 3.67. The number of pyridine rings is 1. The zero-order valence-corrected chi connectivity index (χ0v) is 10.9. The number of nitrogens with zero attached hydrogens (tertiary/aromatic N) is 2. The van der Waals surface area contributed by atoms with Crippen molar-refractivity contribution >= 4 is 17.6 Å². The number of hydrogen-bond donors (Lipinski definition) is 0. The first-order valence-electron chi connectivity index (χ1n) is 5.48. The lowest BCUT2D eigenvalue weighted by Crippen LogP contribution is -2.10. The first kappa shape index (κ1) is 12.6. The number of rotatable bonds is 3. The van der Waals surface area contributed by atoms with Gasteiger partial charge in [0.05, 0.1) is 0 Å². The summed E-state index contributed by atoms with van der Waals surface area (Å²) >= 11 is 5.67. The second-order valence-corrected chi connectivity index (χ2v) is 4.37. The van der Waals surface area contributed by atoms with Gasteiger partial charge in [0.1, 0.15) is 17.5 Å². The van der Waals surface area contributed by atoms with Gasteiger partial charge in [0.15, 0.2) is 0 Å². The van der Waals surface area contributed by atoms with Crippen LogP contribution in [0.1, 0.15) is 21.7 Å². The van der Waals surface area contributed by atoms with E-state index in [2.05, 4.69) is 4.98 Å². The number of carbonyl (C=O) groups is 1. The Morgan fingerprint density at radius 2 is 2.17 bits per heavy atom. The van der Waals surface area contributed by atoms with E-state index in [-0.39, 0.29) is 12.6 Å². The van der Waals surface area contributed by atoms with Crippen LogP contribution < -0.4 is 0 Å². The van der Waals surface area contributed by atoms with E-state index in [4.69, 9.17) is 16.3 Å². The van der Waals surface area contributed by atoms with E-state index >= 15 is 0 Å². The molecule has 0 atom stereocenters. The lowest BCUT2D eigenvalue weighted by Gasteiger charge is -2.06. The van der Waals surface area contributed by atoms with Gasteiger partial charge in [0, 0.05) is 24.5 Å². The van der Waals surface area contributed by atoms with Gasteiger partial charge >= 0.3 is 5.97 Å². The molecule has 0 bridgehead atoms. The molecule has 0 saturated heterocycles. The number of ether oxygens (including phenoxy) is 1. The molecule has 0 unspecified atom stereocenters. The molecule has 18 heavy (non-hydrogen) atoms. The van der Waals surface area contributed by atoms with Crippen molar-refractivity contribution in [3.05, 3.63) is 52.6 Å². The van der Waals surface area contributed by atoms with E-state index in [1.807, 2.05) is 20.0 Å². The monoisotopic (exact) mass is 264 g/mol. The summed E-state index contributed by atoms with van der Waals surface area (Å²) in [5.74, 6) is -0.347. The van der Waals surface area contributed by atoms with Crippen molar-refractivity contribution in [3.63, 3.8) is 0 Å². The molecule has 0 spiro atoms. The third-order valence-corrected chi connectivity index (χ3v) is 2.96. The van der Waals surface area contributed by atoms with Crippen LogP contribution in [-0.2, 0) is 18.4 Å². The molecule has 0 amide bonds. The van der Waals surface area contributed by atoms with Gasteiger partial charge in [-0.05, 0) is 25.1 Å². The van der Waals surface area contributed by atoms with Crippen LogP contribution in [0.15, 0.2) is 30.5 Å². The van der Waals surface area contributed by atoms with E-state index in [0.29, 0.717) is 10.8 Å². The third-order valence-electron chi connectivity index (χ3n) is 2.74. The molecule has 0 aliphatic heterocycles. The smallest absolute Gasteiger partial charge is 0.355 e. The topological polar surface area (TPSA) is 44.1 Å². The molecule has 0 aliphatic rings. The fraction of sp³-hybridized carbons (Fsp3) is 0.231. The summed E-state index contributed by atoms with van der Waals surface area (Å²) in [6, 6.07) is 7.06. The molecule has 0 N–H and O–H groups in total. The van der Waals surface area contributed by atoms with Crippen molar-refractivity contribution in [1.29, 1.82) is 0 Å². The van der Waals surface area contributed by atoms with Crippen LogP contribution >= 0.6 is 11.6 Å². The normalized spacial score (nSPS) is 10.4. The molecular formula is C13H13ClN2O2. The molecule has 2 aromatic heterocycles. The van der Waals surface area contributed by atoms with E-state index < -0.39 is 0 Å². The molecule has 94 valence electrons. The summed E-state index contributed by atoms with van der Waals surface area (Å²) in [4.78, 5) is 15.7. The van der Waals surface area contributed by atoms with Gasteiger partial charge in [0.2, 0.25) is 0 Å². The average molecular weight is 265 g/mol. The standard InChI is InChI=1S/C13H13ClN2O2/c1-9-3-5-11(16(9)2)13(17)18-8-10-4-6-12(14)15-7-10/h3-7H,8H2,1-2H3. The number of halogens is 1. The highest BCUT2D eigenvalue weighted by Gasteiger charge is 2.12. The van der Waals surface area contributed by atoms with Gasteiger partial charge < -0.3 is 9.30 Å². The van der Waals surface area contributed by atoms with Crippen molar-refractivity contribution in [2.75, 3.05) is 0 Å². The minimum Gasteiger partial charge on any atom is -0.456 e. The minimum atomic E-state index is -0.347. The number of hydrogen-bond acceptors (Lipinski definition) is 3. The Bertz CT molecular complexity index is 561. The zero-order chi connectivity index (χ0) is 13.1. The fourth-order valence-electron chi connectivity index (χ4n) is 1.53. The first-order valence-corrected chi connectivity index (χ1v) is 5.85. The van der Waals surface area contributed by atoms with Gasteiger partial charge in [-0.1, -0.05) is 17.7 Å². The molecule has 2 aromatic rings. The van der Waals surface area contributed by atoms with Gasteiger partial charge in [-0.2, -0.15) is 0 Å². The van der Waals surface area contributed by atoms with Gasteiger partial charge in [0.25, 0.3) is 0 Å². The Hall–Kier alpha value is -1.81. The number of aryl methyl sites for hydroxylation is 1. The second kappa shape index (κ2) is 5.23. The van der Waals surface area contributed by atoms with Gasteiger partial charge in [-0.3, -0.25) is 0 Å². The summed E-state index contributed by atoms with van der Waals surface area (Å²) in [7, 11) is 1.83. The van der Waals surface area contributed by atoms with E-state index in [9.17, 15) is 4.79 Å². The molecular weight excluding hydrogens is 252 g/mol. The van der Waals surface area contributed by atoms with Crippen LogP contribution in [0.4, 0.5) is 0 Å². The van der Waals surface area contributed by atoms with Gasteiger partial charge in [-0.25, -0.2) is 9.78 Å². The summed E-state index contributed by atoms with van der Waals surface area (Å²) in [5.41, 5.74) is 2.35. The molecule has 5 heteroatoms. The maximum atomic E-state index is 11.8. The third kappa shape index (κ3) is 2.71. The molecule has 0 aliphatic carbocycles. The summed E-state index contributed by atoms with van der Waals surface area (Å²) in [6.45, 7) is 2.12. The van der Waals surface area contributed by atoms with Crippen molar-refractivity contribution in [3.8, 4) is 0 Å². The highest BCUT2D eigenvalue weighted by Crippen LogP contribution is 2.10. The van der Waals surface area contributed by atoms with Crippen molar-refractivity contribution in [2.45, 2.75) is 13.5 Å². The van der Waals surface area contributed by atoms with E-state index in [1.54, 1.807) is 29.0 Å². The number of carbonyl (C=O) groups excluding carboxylic acids is 1. The van der Waals surface area contributed by atoms with E-state index in [0.717, 1.165) is 11.3 Å². The highest BCUT2D eigenvalue weighted by atomic mass is 35.5. The molecule has 2 rings (SSSR count). The largest absolute Gasteiger partial charge is 0.456 e. The lowest BCUT2D eigenvalue weighted by molar-refractivity contribution is 0.0461. The number of esters is 1. The minimum absolute atomic E-state index is 0.188. The van der Waals surface area contributed by atoms with Crippen LogP contribution in [-0.4, -0.2) is 15.5 Å². The zero-order valence-electron chi connectivity index (χ0n) is 10.2. The van der Waals surface area contributed by atoms with Crippen LogP contribution in [0.25, 0.3) is 0 Å². The Morgan fingerprint density at radius 3 is 2.72 bits per heavy atom. The lowest BCUT2D eigenvalue weighted by atomic mass is 10.3. The Labute approximate surface area is 110 Å². The van der Waals surface area contributed by atoms with Crippen molar-refractivity contribution in [1.82, 2.24) is 9.55 Å². The Balaban J connectivity index is 2.00. The molecule has 0 fully saturated rings. The fourth-order valence-corrected chi connectivity index (χ4v) is 1.64. The van der Waals surface area contributed by atoms with E-state index in [1.165, 1.54) is 0 Å². The van der Waals surface area contributed by atoms with Crippen LogP contribution in [0, 0.1) is 6.92 Å². The molecule has 0 saturated carbocycles. The summed E-state index contributed by atoms with van der Waals surface area (Å²) in [6.07, 6.45) is 1.59. The highest BCUT2D eigenvalue weighted by molar-refractivity contribution is 6.29. The predicted molar refractivity (Wildman–Crippen MR) is 68.5 cm³/mol. The first-order chi connectivity index (χ1) is 8.58. The Morgan fingerprint density at radius 1 is 1.39 bits per heavy atom. The molecule has 0 aromatic carbocycles. The van der Waals surface area contributed by atoms with Crippen LogP contribution in [0.2, 0.25) is 5.15 Å². The molecule has 0 radical (unpaired) electrons. The summed E-state index contributed by atoms with van der Waals surface area (Å²) < 4.78 is 7.00. The summed E-state index contributed by atoms with van der Waals surface area (Å²) in [5, 5.41) is 0.420. The predicted octanol–water partition coefficient (Wildman–Crippen LogP) is 2.74. The van der Waals surface area contributed by atoms with Crippen LogP contribution in [0.3, 0.4) is 0 Å². The molecule has 4 nitrogen and oxygen atoms in total. The SMILES string of the molecule is Cc1ccc(C(=O)OCc2ccc(Cl)nc2)n1C. The van der Waals surface area contributed by atoms with Crippen molar-refractivity contribution in [2.24, 2.45) is 7.05 Å².